The minimum Gasteiger partial charge on any atom is -0.480 e. The van der Waals surface area contributed by atoms with E-state index in [0.717, 1.165) is 0 Å². The van der Waals surface area contributed by atoms with Crippen LogP contribution in [0.2, 0.25) is 0 Å². The van der Waals surface area contributed by atoms with Gasteiger partial charge in [-0.05, 0) is 13.3 Å². The molecule has 0 aliphatic carbocycles. The maximum atomic E-state index is 11.9. The zero-order chi connectivity index (χ0) is 21.0. The first-order valence-electron chi connectivity index (χ1n) is 7.91. The number of amides is 5. The molecule has 0 aromatic rings. The van der Waals surface area contributed by atoms with Gasteiger partial charge < -0.3 is 37.8 Å². The largest absolute Gasteiger partial charge is 0.480 e. The maximum absolute atomic E-state index is 11.9. The first kappa shape index (κ1) is 23.8. The Kier molecular flexibility index (Phi) is 10.7. The third-order valence-corrected chi connectivity index (χ3v) is 3.14. The van der Waals surface area contributed by atoms with Crippen LogP contribution in [0.5, 0.6) is 0 Å². The average molecular weight is 388 g/mol. The molecule has 2 atom stereocenters. The second-order valence-corrected chi connectivity index (χ2v) is 5.45. The Hall–Kier alpha value is -3.22. The molecule has 0 saturated heterocycles. The molecule has 0 bridgehead atoms. The summed E-state index contributed by atoms with van der Waals surface area (Å²) in [5, 5.41) is 17.9. The topological polar surface area (TPSA) is 223 Å². The smallest absolute Gasteiger partial charge is 0.326 e. The molecule has 0 aliphatic heterocycles. The highest BCUT2D eigenvalue weighted by Gasteiger charge is 2.24. The van der Waals surface area contributed by atoms with Crippen molar-refractivity contribution in [3.05, 3.63) is 0 Å². The quantitative estimate of drug-likeness (QED) is 0.172. The summed E-state index contributed by atoms with van der Waals surface area (Å²) in [6.07, 6.45) is -0.424. The van der Waals surface area contributed by atoms with E-state index in [1.807, 2.05) is 0 Å². The van der Waals surface area contributed by atoms with Gasteiger partial charge in [-0.15, -0.1) is 0 Å². The normalized spacial score (nSPS) is 12.2. The van der Waals surface area contributed by atoms with Crippen molar-refractivity contribution in [3.8, 4) is 0 Å². The van der Waals surface area contributed by atoms with Crippen molar-refractivity contribution in [2.24, 2.45) is 11.5 Å². The molecule has 5 amide bonds. The molecule has 0 aromatic carbocycles. The third-order valence-electron chi connectivity index (χ3n) is 3.14. The Morgan fingerprint density at radius 2 is 1.48 bits per heavy atom. The van der Waals surface area contributed by atoms with E-state index in [4.69, 9.17) is 16.6 Å². The molecule has 27 heavy (non-hydrogen) atoms. The SMILES string of the molecule is C[C@H](NC(=O)CNC(=O)CNC(=O)CN)C(=O)N[C@@H](CCC(N)=O)C(=O)O. The Morgan fingerprint density at radius 1 is 0.926 bits per heavy atom. The van der Waals surface area contributed by atoms with E-state index in [0.29, 0.717) is 0 Å². The van der Waals surface area contributed by atoms with Gasteiger partial charge in [0, 0.05) is 6.42 Å². The number of nitrogens with one attached hydrogen (secondary N) is 4. The Balaban J connectivity index is 4.34. The predicted molar refractivity (Wildman–Crippen MR) is 90.7 cm³/mol. The van der Waals surface area contributed by atoms with Crippen LogP contribution < -0.4 is 32.7 Å². The first-order chi connectivity index (χ1) is 12.6. The number of carboxylic acid groups (broad SMARTS) is 1. The van der Waals surface area contributed by atoms with E-state index < -0.39 is 54.1 Å². The van der Waals surface area contributed by atoms with Crippen LogP contribution in [-0.4, -0.2) is 72.3 Å². The van der Waals surface area contributed by atoms with Crippen molar-refractivity contribution in [3.63, 3.8) is 0 Å². The van der Waals surface area contributed by atoms with Crippen LogP contribution in [0.25, 0.3) is 0 Å². The van der Waals surface area contributed by atoms with E-state index >= 15 is 0 Å². The van der Waals surface area contributed by atoms with Crippen molar-refractivity contribution in [2.45, 2.75) is 31.8 Å². The second-order valence-electron chi connectivity index (χ2n) is 5.45. The molecular weight excluding hydrogens is 364 g/mol. The standard InChI is InChI=1S/C14H24N6O7/c1-7(13(25)20-8(14(26)27)2-3-9(16)21)19-12(24)6-18-11(23)5-17-10(22)4-15/h7-8H,2-6,15H2,1H3,(H2,16,21)(H,17,22)(H,18,23)(H,19,24)(H,20,25)(H,26,27)/t7-,8-/m0/s1. The molecule has 13 heteroatoms. The molecule has 0 aromatic heterocycles. The van der Waals surface area contributed by atoms with Crippen LogP contribution in [0.1, 0.15) is 19.8 Å². The summed E-state index contributed by atoms with van der Waals surface area (Å²) in [5.41, 5.74) is 9.98. The minimum absolute atomic E-state index is 0.193. The van der Waals surface area contributed by atoms with Gasteiger partial charge in [-0.3, -0.25) is 24.0 Å². The summed E-state index contributed by atoms with van der Waals surface area (Å²) in [7, 11) is 0. The summed E-state index contributed by atoms with van der Waals surface area (Å²) in [5.74, 6) is -4.74. The molecule has 152 valence electrons. The van der Waals surface area contributed by atoms with E-state index in [1.54, 1.807) is 0 Å². The Morgan fingerprint density at radius 3 is 2.00 bits per heavy atom. The third kappa shape index (κ3) is 11.1. The number of carbonyl (C=O) groups is 6. The first-order valence-corrected chi connectivity index (χ1v) is 7.91. The molecule has 9 N–H and O–H groups in total. The number of nitrogens with two attached hydrogens (primary N) is 2. The summed E-state index contributed by atoms with van der Waals surface area (Å²) in [6, 6.07) is -2.43. The number of hydrogen-bond acceptors (Lipinski definition) is 7. The second kappa shape index (κ2) is 12.2. The van der Waals surface area contributed by atoms with Crippen molar-refractivity contribution in [1.82, 2.24) is 21.3 Å². The van der Waals surface area contributed by atoms with Crippen molar-refractivity contribution in [2.75, 3.05) is 19.6 Å². The van der Waals surface area contributed by atoms with Crippen LogP contribution in [0.4, 0.5) is 0 Å². The molecule has 0 radical (unpaired) electrons. The lowest BCUT2D eigenvalue weighted by Gasteiger charge is -2.18. The lowest BCUT2D eigenvalue weighted by atomic mass is 10.1. The van der Waals surface area contributed by atoms with Crippen molar-refractivity contribution in [1.29, 1.82) is 0 Å². The maximum Gasteiger partial charge on any atom is 0.326 e. The van der Waals surface area contributed by atoms with Crippen LogP contribution in [0.3, 0.4) is 0 Å². The van der Waals surface area contributed by atoms with Gasteiger partial charge in [-0.25, -0.2) is 4.79 Å². The molecule has 13 nitrogen and oxygen atoms in total. The van der Waals surface area contributed by atoms with Crippen LogP contribution in [0, 0.1) is 0 Å². The fourth-order valence-corrected chi connectivity index (χ4v) is 1.69. The van der Waals surface area contributed by atoms with Gasteiger partial charge in [-0.1, -0.05) is 0 Å². The van der Waals surface area contributed by atoms with Gasteiger partial charge in [-0.2, -0.15) is 0 Å². The average Bonchev–Trinajstić information content (AvgIpc) is 2.60. The molecule has 0 aliphatic rings. The van der Waals surface area contributed by atoms with Crippen molar-refractivity contribution >= 4 is 35.5 Å². The Bertz CT molecular complexity index is 595. The van der Waals surface area contributed by atoms with Gasteiger partial charge in [0.1, 0.15) is 12.1 Å². The Labute approximate surface area is 154 Å². The molecule has 0 rings (SSSR count). The number of carboxylic acids is 1. The molecule has 0 saturated carbocycles. The monoisotopic (exact) mass is 388 g/mol. The zero-order valence-corrected chi connectivity index (χ0v) is 14.7. The molecule has 0 unspecified atom stereocenters. The van der Waals surface area contributed by atoms with Gasteiger partial charge in [0.25, 0.3) is 0 Å². The highest BCUT2D eigenvalue weighted by Crippen LogP contribution is 1.98. The molecule has 0 heterocycles. The highest BCUT2D eigenvalue weighted by molar-refractivity contribution is 5.92. The zero-order valence-electron chi connectivity index (χ0n) is 14.7. The molecular formula is C14H24N6O7. The lowest BCUT2D eigenvalue weighted by molar-refractivity contribution is -0.142. The van der Waals surface area contributed by atoms with Gasteiger partial charge in [0.05, 0.1) is 19.6 Å². The van der Waals surface area contributed by atoms with E-state index in [-0.39, 0.29) is 25.9 Å². The summed E-state index contributed by atoms with van der Waals surface area (Å²) in [6.45, 7) is 0.208. The fraction of sp³-hybridized carbons (Fsp3) is 0.571. The lowest BCUT2D eigenvalue weighted by Crippen LogP contribution is -2.52. The predicted octanol–water partition coefficient (Wildman–Crippen LogP) is -4.48. The van der Waals surface area contributed by atoms with Crippen molar-refractivity contribution < 1.29 is 33.9 Å². The van der Waals surface area contributed by atoms with E-state index in [1.165, 1.54) is 6.92 Å². The number of carbonyl (C=O) groups excluding carboxylic acids is 5. The van der Waals surface area contributed by atoms with Crippen LogP contribution in [-0.2, 0) is 28.8 Å². The number of primary amides is 1. The summed E-state index contributed by atoms with van der Waals surface area (Å²) in [4.78, 5) is 67.7. The number of hydrogen-bond donors (Lipinski definition) is 7. The van der Waals surface area contributed by atoms with Gasteiger partial charge in [0.2, 0.25) is 29.5 Å². The van der Waals surface area contributed by atoms with Gasteiger partial charge in [0.15, 0.2) is 0 Å². The number of aliphatic carboxylic acids is 1. The van der Waals surface area contributed by atoms with Gasteiger partial charge >= 0.3 is 5.97 Å². The highest BCUT2D eigenvalue weighted by atomic mass is 16.4. The number of rotatable bonds is 12. The van der Waals surface area contributed by atoms with E-state index in [2.05, 4.69) is 21.3 Å². The van der Waals surface area contributed by atoms with Crippen LogP contribution in [0.15, 0.2) is 0 Å². The minimum atomic E-state index is -1.35. The summed E-state index contributed by atoms with van der Waals surface area (Å²) >= 11 is 0. The van der Waals surface area contributed by atoms with Crippen LogP contribution >= 0.6 is 0 Å². The fourth-order valence-electron chi connectivity index (χ4n) is 1.69. The van der Waals surface area contributed by atoms with E-state index in [9.17, 15) is 28.8 Å². The summed E-state index contributed by atoms with van der Waals surface area (Å²) < 4.78 is 0. The molecule has 0 fully saturated rings. The molecule has 0 spiro atoms.